The molecule has 0 spiro atoms. The van der Waals surface area contributed by atoms with E-state index < -0.39 is 11.6 Å². The van der Waals surface area contributed by atoms with Gasteiger partial charge < -0.3 is 15.9 Å². The van der Waals surface area contributed by atoms with E-state index in [0.717, 1.165) is 28.1 Å². The summed E-state index contributed by atoms with van der Waals surface area (Å²) in [4.78, 5) is 20.9. The minimum atomic E-state index is -1.67. The number of aliphatic carboxylic acids is 1. The Labute approximate surface area is 198 Å². The molecule has 8 nitrogen and oxygen atoms in total. The van der Waals surface area contributed by atoms with Crippen LogP contribution >= 0.6 is 15.9 Å². The number of pyridine rings is 1. The van der Waals surface area contributed by atoms with Gasteiger partial charge in [-0.1, -0.05) is 36.4 Å². The van der Waals surface area contributed by atoms with E-state index in [1.165, 1.54) is 0 Å². The number of aromatic nitrogens is 4. The Balaban J connectivity index is 1.51. The average Bonchev–Trinajstić information content (AvgIpc) is 3.27. The molecule has 168 valence electrons. The number of rotatable bonds is 4. The van der Waals surface area contributed by atoms with Gasteiger partial charge in [0.05, 0.1) is 22.1 Å². The van der Waals surface area contributed by atoms with Gasteiger partial charge in [-0.2, -0.15) is 9.61 Å². The molecule has 1 aliphatic carbocycles. The maximum atomic E-state index is 11.4. The van der Waals surface area contributed by atoms with Crippen LogP contribution in [0.25, 0.3) is 28.0 Å². The van der Waals surface area contributed by atoms with Gasteiger partial charge in [0.15, 0.2) is 11.2 Å². The predicted octanol–water partition coefficient (Wildman–Crippen LogP) is 4.28. The molecule has 0 atom stereocenters. The van der Waals surface area contributed by atoms with E-state index >= 15 is 0 Å². The van der Waals surface area contributed by atoms with Crippen molar-refractivity contribution in [2.45, 2.75) is 37.2 Å². The number of benzene rings is 1. The number of carboxylic acids is 1. The number of carboxylic acid groups (broad SMARTS) is 1. The first-order chi connectivity index (χ1) is 15.9. The molecule has 3 heterocycles. The summed E-state index contributed by atoms with van der Waals surface area (Å²) in [6.07, 6.45) is 4.86. The zero-order valence-electron chi connectivity index (χ0n) is 17.6. The van der Waals surface area contributed by atoms with Crippen molar-refractivity contribution in [2.75, 3.05) is 5.73 Å². The van der Waals surface area contributed by atoms with Gasteiger partial charge in [-0.25, -0.2) is 9.78 Å². The number of nitrogen functional groups attached to an aromatic ring is 1. The van der Waals surface area contributed by atoms with Crippen molar-refractivity contribution in [1.82, 2.24) is 19.6 Å². The highest BCUT2D eigenvalue weighted by molar-refractivity contribution is 9.10. The zero-order valence-corrected chi connectivity index (χ0v) is 19.2. The molecule has 9 heteroatoms. The standard InChI is InChI=1S/C24H22BrN5O3/c25-19-20(15-8-10-24(33,11-9-15)23(31)32)29-22-17(13-28-30(22)21(19)26)16-6-7-18(27-12-16)14-4-2-1-3-5-14/h1-7,12-13,15,33H,8-11,26H2,(H,31,32). The van der Waals surface area contributed by atoms with Crippen LogP contribution in [0.15, 0.2) is 59.3 Å². The van der Waals surface area contributed by atoms with E-state index in [-0.39, 0.29) is 18.8 Å². The zero-order chi connectivity index (χ0) is 23.2. The molecular weight excluding hydrogens is 486 g/mol. The van der Waals surface area contributed by atoms with Gasteiger partial charge in [-0.3, -0.25) is 4.98 Å². The maximum absolute atomic E-state index is 11.4. The van der Waals surface area contributed by atoms with Crippen LogP contribution in [0.3, 0.4) is 0 Å². The summed E-state index contributed by atoms with van der Waals surface area (Å²) in [7, 11) is 0. The van der Waals surface area contributed by atoms with Crippen LogP contribution in [-0.2, 0) is 4.79 Å². The quantitative estimate of drug-likeness (QED) is 0.376. The lowest BCUT2D eigenvalue weighted by Crippen LogP contribution is -2.41. The molecule has 1 fully saturated rings. The molecule has 1 aromatic carbocycles. The lowest BCUT2D eigenvalue weighted by molar-refractivity contribution is -0.162. The monoisotopic (exact) mass is 507 g/mol. The van der Waals surface area contributed by atoms with E-state index in [4.69, 9.17) is 10.7 Å². The fourth-order valence-corrected chi connectivity index (χ4v) is 4.98. The number of nitrogens with two attached hydrogens (primary N) is 1. The van der Waals surface area contributed by atoms with Gasteiger partial charge in [-0.05, 0) is 47.7 Å². The molecule has 1 aliphatic rings. The van der Waals surface area contributed by atoms with Gasteiger partial charge in [-0.15, -0.1) is 0 Å². The summed E-state index contributed by atoms with van der Waals surface area (Å²) in [5.74, 6) is -0.769. The summed E-state index contributed by atoms with van der Waals surface area (Å²) < 4.78 is 2.23. The Morgan fingerprint density at radius 2 is 1.82 bits per heavy atom. The highest BCUT2D eigenvalue weighted by atomic mass is 79.9. The van der Waals surface area contributed by atoms with E-state index in [1.807, 2.05) is 42.5 Å². The topological polar surface area (TPSA) is 127 Å². The number of carbonyl (C=O) groups is 1. The predicted molar refractivity (Wildman–Crippen MR) is 128 cm³/mol. The molecule has 4 aromatic rings. The lowest BCUT2D eigenvalue weighted by Gasteiger charge is -2.32. The first kappa shape index (κ1) is 21.5. The lowest BCUT2D eigenvalue weighted by atomic mass is 9.77. The van der Waals surface area contributed by atoms with Crippen molar-refractivity contribution in [3.8, 4) is 22.4 Å². The van der Waals surface area contributed by atoms with Gasteiger partial charge in [0.2, 0.25) is 0 Å². The number of aliphatic hydroxyl groups is 1. The molecule has 0 bridgehead atoms. The number of anilines is 1. The number of fused-ring (bicyclic) bond motifs is 1. The van der Waals surface area contributed by atoms with Crippen molar-refractivity contribution in [3.05, 3.63) is 65.0 Å². The van der Waals surface area contributed by atoms with E-state index in [2.05, 4.69) is 26.0 Å². The van der Waals surface area contributed by atoms with Crippen molar-refractivity contribution >= 4 is 33.4 Å². The van der Waals surface area contributed by atoms with Crippen LogP contribution in [0.4, 0.5) is 5.82 Å². The minimum Gasteiger partial charge on any atom is -0.479 e. The Morgan fingerprint density at radius 3 is 2.45 bits per heavy atom. The molecule has 0 saturated heterocycles. The molecular formula is C24H22BrN5O3. The van der Waals surface area contributed by atoms with E-state index in [0.29, 0.717) is 28.8 Å². The SMILES string of the molecule is Nc1c(Br)c(C2CCC(O)(C(=O)O)CC2)nc2c(-c3ccc(-c4ccccc4)nc3)cnn12. The molecule has 0 amide bonds. The average molecular weight is 508 g/mol. The Bertz CT molecular complexity index is 1330. The van der Waals surface area contributed by atoms with Crippen molar-refractivity contribution in [2.24, 2.45) is 0 Å². The molecule has 0 radical (unpaired) electrons. The first-order valence-corrected chi connectivity index (χ1v) is 11.5. The Kier molecular flexibility index (Phi) is 5.38. The third kappa shape index (κ3) is 3.77. The van der Waals surface area contributed by atoms with Crippen LogP contribution in [-0.4, -0.2) is 41.4 Å². The van der Waals surface area contributed by atoms with Crippen molar-refractivity contribution in [3.63, 3.8) is 0 Å². The van der Waals surface area contributed by atoms with Gasteiger partial charge in [0, 0.05) is 28.8 Å². The van der Waals surface area contributed by atoms with Gasteiger partial charge in [0.1, 0.15) is 5.82 Å². The summed E-state index contributed by atoms with van der Waals surface area (Å²) in [5.41, 5.74) is 9.65. The Morgan fingerprint density at radius 1 is 1.09 bits per heavy atom. The summed E-state index contributed by atoms with van der Waals surface area (Å²) in [6, 6.07) is 13.9. The van der Waals surface area contributed by atoms with Crippen molar-refractivity contribution in [1.29, 1.82) is 0 Å². The van der Waals surface area contributed by atoms with Crippen LogP contribution in [0.2, 0.25) is 0 Å². The molecule has 0 unspecified atom stereocenters. The molecule has 5 rings (SSSR count). The molecule has 3 aromatic heterocycles. The number of hydrogen-bond acceptors (Lipinski definition) is 6. The third-order valence-electron chi connectivity index (χ3n) is 6.39. The number of halogens is 1. The van der Waals surface area contributed by atoms with Crippen LogP contribution in [0, 0.1) is 0 Å². The highest BCUT2D eigenvalue weighted by Gasteiger charge is 2.41. The molecule has 4 N–H and O–H groups in total. The largest absolute Gasteiger partial charge is 0.479 e. The van der Waals surface area contributed by atoms with Crippen molar-refractivity contribution < 1.29 is 15.0 Å². The molecule has 0 aliphatic heterocycles. The first-order valence-electron chi connectivity index (χ1n) is 10.7. The van der Waals surface area contributed by atoms with Crippen LogP contribution < -0.4 is 5.73 Å². The summed E-state index contributed by atoms with van der Waals surface area (Å²) in [6.45, 7) is 0. The molecule has 1 saturated carbocycles. The van der Waals surface area contributed by atoms with E-state index in [9.17, 15) is 15.0 Å². The smallest absolute Gasteiger partial charge is 0.335 e. The second-order valence-corrected chi connectivity index (χ2v) is 9.19. The maximum Gasteiger partial charge on any atom is 0.335 e. The second kappa shape index (κ2) is 8.24. The second-order valence-electron chi connectivity index (χ2n) is 8.40. The minimum absolute atomic E-state index is 0.0207. The van der Waals surface area contributed by atoms with Crippen LogP contribution in [0.5, 0.6) is 0 Å². The van der Waals surface area contributed by atoms with Gasteiger partial charge >= 0.3 is 5.97 Å². The van der Waals surface area contributed by atoms with E-state index in [1.54, 1.807) is 16.9 Å². The summed E-state index contributed by atoms with van der Waals surface area (Å²) in [5, 5.41) is 24.0. The van der Waals surface area contributed by atoms with Gasteiger partial charge in [0.25, 0.3) is 0 Å². The third-order valence-corrected chi connectivity index (χ3v) is 7.20. The Hall–Kier alpha value is -3.30. The normalized spacial score (nSPS) is 20.7. The van der Waals surface area contributed by atoms with Crippen LogP contribution in [0.1, 0.15) is 37.3 Å². The molecule has 33 heavy (non-hydrogen) atoms. The highest BCUT2D eigenvalue weighted by Crippen LogP contribution is 2.42. The summed E-state index contributed by atoms with van der Waals surface area (Å²) >= 11 is 3.56. The fourth-order valence-electron chi connectivity index (χ4n) is 4.40. The number of hydrogen-bond donors (Lipinski definition) is 3. The number of nitrogens with zero attached hydrogens (tertiary/aromatic N) is 4. The fraction of sp³-hybridized carbons (Fsp3) is 0.250.